The molecule has 0 unspecified atom stereocenters. The average molecular weight is 312 g/mol. The van der Waals surface area contributed by atoms with E-state index >= 15 is 0 Å². The Balaban J connectivity index is 2.00. The van der Waals surface area contributed by atoms with Crippen LogP contribution in [0.4, 0.5) is 4.39 Å². The van der Waals surface area contributed by atoms with Gasteiger partial charge in [-0.15, -0.1) is 0 Å². The molecule has 0 spiro atoms. The van der Waals surface area contributed by atoms with Crippen LogP contribution in [0.2, 0.25) is 0 Å². The highest BCUT2D eigenvalue weighted by molar-refractivity contribution is 7.89. The summed E-state index contributed by atoms with van der Waals surface area (Å²) >= 11 is 0. The first-order valence-electron chi connectivity index (χ1n) is 6.49. The van der Waals surface area contributed by atoms with E-state index in [1.165, 1.54) is 18.2 Å². The summed E-state index contributed by atoms with van der Waals surface area (Å²) in [5.74, 6) is -0.614. The molecule has 2 aromatic rings. The molecule has 1 heterocycles. The van der Waals surface area contributed by atoms with Crippen LogP contribution < -0.4 is 10.5 Å². The molecule has 0 saturated heterocycles. The van der Waals surface area contributed by atoms with Crippen molar-refractivity contribution in [1.29, 1.82) is 0 Å². The Bertz CT molecular complexity index is 686. The van der Waals surface area contributed by atoms with Gasteiger partial charge in [-0.2, -0.15) is 5.10 Å². The Morgan fingerprint density at radius 3 is 2.81 bits per heavy atom. The first-order valence-corrected chi connectivity index (χ1v) is 7.97. The third-order valence-corrected chi connectivity index (χ3v) is 4.53. The summed E-state index contributed by atoms with van der Waals surface area (Å²) < 4.78 is 42.1. The van der Waals surface area contributed by atoms with Gasteiger partial charge in [-0.25, -0.2) is 17.5 Å². The third kappa shape index (κ3) is 3.87. The maximum atomic E-state index is 13.6. The second kappa shape index (κ2) is 6.79. The number of aromatic nitrogens is 2. The van der Waals surface area contributed by atoms with Crippen molar-refractivity contribution in [1.82, 2.24) is 14.5 Å². The predicted molar refractivity (Wildman–Crippen MR) is 76.3 cm³/mol. The molecule has 0 saturated carbocycles. The minimum atomic E-state index is -3.77. The van der Waals surface area contributed by atoms with Gasteiger partial charge in [0.15, 0.2) is 0 Å². The van der Waals surface area contributed by atoms with Crippen LogP contribution in [-0.2, 0) is 23.1 Å². The number of hydrogen-bond donors (Lipinski definition) is 2. The van der Waals surface area contributed by atoms with Crippen molar-refractivity contribution < 1.29 is 12.8 Å². The van der Waals surface area contributed by atoms with Crippen LogP contribution in [0.25, 0.3) is 0 Å². The van der Waals surface area contributed by atoms with E-state index < -0.39 is 15.8 Å². The summed E-state index contributed by atoms with van der Waals surface area (Å²) in [7, 11) is -3.77. The van der Waals surface area contributed by atoms with Crippen LogP contribution in [0.3, 0.4) is 0 Å². The van der Waals surface area contributed by atoms with Crippen molar-refractivity contribution >= 4 is 10.0 Å². The van der Waals surface area contributed by atoms with Gasteiger partial charge in [0, 0.05) is 37.6 Å². The zero-order valence-corrected chi connectivity index (χ0v) is 12.2. The van der Waals surface area contributed by atoms with Crippen molar-refractivity contribution in [3.8, 4) is 0 Å². The number of rotatable bonds is 7. The van der Waals surface area contributed by atoms with E-state index in [-0.39, 0.29) is 23.5 Å². The van der Waals surface area contributed by atoms with Gasteiger partial charge in [-0.1, -0.05) is 6.07 Å². The molecule has 0 amide bonds. The number of benzene rings is 1. The largest absolute Gasteiger partial charge is 0.326 e. The molecule has 0 bridgehead atoms. The van der Waals surface area contributed by atoms with E-state index in [1.807, 2.05) is 0 Å². The molecule has 6 nitrogen and oxygen atoms in total. The van der Waals surface area contributed by atoms with Crippen LogP contribution >= 0.6 is 0 Å². The normalized spacial score (nSPS) is 11.7. The maximum Gasteiger partial charge on any atom is 0.240 e. The van der Waals surface area contributed by atoms with Crippen molar-refractivity contribution in [3.63, 3.8) is 0 Å². The van der Waals surface area contributed by atoms with Gasteiger partial charge in [0.2, 0.25) is 10.0 Å². The van der Waals surface area contributed by atoms with Crippen molar-refractivity contribution in [2.24, 2.45) is 5.73 Å². The number of aryl methyl sites for hydroxylation is 1. The second-order valence-corrected chi connectivity index (χ2v) is 6.18. The van der Waals surface area contributed by atoms with Crippen LogP contribution in [-0.4, -0.2) is 24.7 Å². The zero-order valence-electron chi connectivity index (χ0n) is 11.4. The minimum Gasteiger partial charge on any atom is -0.326 e. The van der Waals surface area contributed by atoms with Crippen LogP contribution in [0.1, 0.15) is 12.0 Å². The van der Waals surface area contributed by atoms with E-state index in [2.05, 4.69) is 9.82 Å². The van der Waals surface area contributed by atoms with Crippen molar-refractivity contribution in [2.45, 2.75) is 24.4 Å². The fourth-order valence-corrected chi connectivity index (χ4v) is 3.28. The number of nitrogens with two attached hydrogens (primary N) is 1. The molecule has 3 N–H and O–H groups in total. The topological polar surface area (TPSA) is 90.0 Å². The van der Waals surface area contributed by atoms with Crippen molar-refractivity contribution in [3.05, 3.63) is 48.0 Å². The van der Waals surface area contributed by atoms with Gasteiger partial charge in [-0.05, 0) is 24.6 Å². The van der Waals surface area contributed by atoms with Gasteiger partial charge >= 0.3 is 0 Å². The third-order valence-electron chi connectivity index (χ3n) is 2.98. The lowest BCUT2D eigenvalue weighted by atomic mass is 10.2. The molecule has 0 atom stereocenters. The van der Waals surface area contributed by atoms with E-state index in [0.29, 0.717) is 13.0 Å². The van der Waals surface area contributed by atoms with Gasteiger partial charge in [0.05, 0.1) is 4.90 Å². The molecule has 0 aliphatic carbocycles. The zero-order chi connectivity index (χ0) is 15.3. The van der Waals surface area contributed by atoms with E-state index in [4.69, 9.17) is 5.73 Å². The fourth-order valence-electron chi connectivity index (χ4n) is 1.95. The Kier molecular flexibility index (Phi) is 5.05. The van der Waals surface area contributed by atoms with E-state index in [0.717, 1.165) is 0 Å². The average Bonchev–Trinajstić information content (AvgIpc) is 2.96. The molecular formula is C13H17FN4O2S. The smallest absolute Gasteiger partial charge is 0.240 e. The van der Waals surface area contributed by atoms with Crippen molar-refractivity contribution in [2.75, 3.05) is 6.54 Å². The molecule has 114 valence electrons. The standard InChI is InChI=1S/C13H17FN4O2S/c14-12-4-1-5-13(11(12)10-15)21(19,20)17-7-3-9-18-8-2-6-16-18/h1-2,4-6,8,17H,3,7,9-10,15H2. The van der Waals surface area contributed by atoms with Crippen LogP contribution in [0.15, 0.2) is 41.6 Å². The molecule has 2 rings (SSSR count). The summed E-state index contributed by atoms with van der Waals surface area (Å²) in [5, 5.41) is 4.02. The van der Waals surface area contributed by atoms with Crippen LogP contribution in [0.5, 0.6) is 0 Å². The molecule has 21 heavy (non-hydrogen) atoms. The lowest BCUT2D eigenvalue weighted by Gasteiger charge is -2.11. The molecule has 0 radical (unpaired) electrons. The monoisotopic (exact) mass is 312 g/mol. The summed E-state index contributed by atoms with van der Waals surface area (Å²) in [6, 6.07) is 5.69. The quantitative estimate of drug-likeness (QED) is 0.742. The Hall–Kier alpha value is -1.77. The summed E-state index contributed by atoms with van der Waals surface area (Å²) in [4.78, 5) is -0.107. The number of nitrogens with one attached hydrogen (secondary N) is 1. The number of hydrogen-bond acceptors (Lipinski definition) is 4. The molecular weight excluding hydrogens is 295 g/mol. The number of nitrogens with zero attached hydrogens (tertiary/aromatic N) is 2. The number of halogens is 1. The molecule has 1 aromatic heterocycles. The Morgan fingerprint density at radius 1 is 1.33 bits per heavy atom. The molecule has 1 aromatic carbocycles. The minimum absolute atomic E-state index is 0.00271. The lowest BCUT2D eigenvalue weighted by Crippen LogP contribution is -2.27. The van der Waals surface area contributed by atoms with Gasteiger partial charge in [-0.3, -0.25) is 4.68 Å². The predicted octanol–water partition coefficient (Wildman–Crippen LogP) is 0.849. The lowest BCUT2D eigenvalue weighted by molar-refractivity contribution is 0.549. The van der Waals surface area contributed by atoms with Gasteiger partial charge in [0.1, 0.15) is 5.82 Å². The van der Waals surface area contributed by atoms with Crippen LogP contribution in [0, 0.1) is 5.82 Å². The summed E-state index contributed by atoms with van der Waals surface area (Å²) in [5.41, 5.74) is 5.42. The Labute approximate surface area is 122 Å². The van der Waals surface area contributed by atoms with E-state index in [9.17, 15) is 12.8 Å². The molecule has 8 heteroatoms. The SMILES string of the molecule is NCc1c(F)cccc1S(=O)(=O)NCCCn1cccn1. The highest BCUT2D eigenvalue weighted by Gasteiger charge is 2.19. The molecule has 0 fully saturated rings. The van der Waals surface area contributed by atoms with Gasteiger partial charge < -0.3 is 5.73 Å². The highest BCUT2D eigenvalue weighted by Crippen LogP contribution is 2.18. The molecule has 0 aliphatic rings. The number of sulfonamides is 1. The fraction of sp³-hybridized carbons (Fsp3) is 0.308. The summed E-state index contributed by atoms with van der Waals surface area (Å²) in [6.07, 6.45) is 4.03. The molecule has 0 aliphatic heterocycles. The summed E-state index contributed by atoms with van der Waals surface area (Å²) in [6.45, 7) is 0.668. The highest BCUT2D eigenvalue weighted by atomic mass is 32.2. The first kappa shape index (κ1) is 15.6. The first-order chi connectivity index (χ1) is 10.0. The maximum absolute atomic E-state index is 13.6. The van der Waals surface area contributed by atoms with Gasteiger partial charge in [0.25, 0.3) is 0 Å². The Morgan fingerprint density at radius 2 is 2.14 bits per heavy atom. The second-order valence-electron chi connectivity index (χ2n) is 4.44. The van der Waals surface area contributed by atoms with E-state index in [1.54, 1.807) is 23.1 Å².